The quantitative estimate of drug-likeness (QED) is 0.810. The lowest BCUT2D eigenvalue weighted by molar-refractivity contribution is 0.0601. The molecule has 0 radical (unpaired) electrons. The number of fused-ring (bicyclic) bond motifs is 1. The first-order chi connectivity index (χ1) is 12.7. The lowest BCUT2D eigenvalue weighted by Crippen LogP contribution is -2.34. The third-order valence-electron chi connectivity index (χ3n) is 5.17. The van der Waals surface area contributed by atoms with Crippen LogP contribution in [0.25, 0.3) is 0 Å². The van der Waals surface area contributed by atoms with Gasteiger partial charge in [0.05, 0.1) is 25.0 Å². The number of urea groups is 1. The van der Waals surface area contributed by atoms with Crippen LogP contribution < -0.4 is 5.32 Å². The average Bonchev–Trinajstić information content (AvgIpc) is 3.38. The number of amides is 2. The Morgan fingerprint density at radius 3 is 2.92 bits per heavy atom. The summed E-state index contributed by atoms with van der Waals surface area (Å²) >= 11 is 1.51. The van der Waals surface area contributed by atoms with E-state index in [2.05, 4.69) is 5.32 Å². The number of hydrogen-bond acceptors (Lipinski definition) is 5. The number of rotatable bonds is 3. The fourth-order valence-electron chi connectivity index (χ4n) is 3.93. The summed E-state index contributed by atoms with van der Waals surface area (Å²) in [5, 5.41) is 3.59. The lowest BCUT2D eigenvalue weighted by atomic mass is 9.95. The van der Waals surface area contributed by atoms with Gasteiger partial charge in [0.15, 0.2) is 0 Å². The molecule has 0 aromatic carbocycles. The van der Waals surface area contributed by atoms with Gasteiger partial charge in [0.25, 0.3) is 0 Å². The van der Waals surface area contributed by atoms with Crippen molar-refractivity contribution in [1.29, 1.82) is 0 Å². The number of nitrogens with zero attached hydrogens (tertiary/aromatic N) is 1. The molecule has 1 saturated heterocycles. The zero-order valence-electron chi connectivity index (χ0n) is 14.7. The van der Waals surface area contributed by atoms with Gasteiger partial charge in [-0.25, -0.2) is 9.59 Å². The van der Waals surface area contributed by atoms with E-state index in [4.69, 9.17) is 9.15 Å². The second-order valence-corrected chi connectivity index (χ2v) is 7.81. The van der Waals surface area contributed by atoms with Crippen LogP contribution in [0.1, 0.15) is 58.3 Å². The number of likely N-dealkylation sites (tertiary alicyclic amines) is 1. The van der Waals surface area contributed by atoms with Gasteiger partial charge >= 0.3 is 12.0 Å². The Labute approximate surface area is 156 Å². The summed E-state index contributed by atoms with van der Waals surface area (Å²) in [5.74, 6) is 0.431. The van der Waals surface area contributed by atoms with Crippen molar-refractivity contribution >= 4 is 28.3 Å². The summed E-state index contributed by atoms with van der Waals surface area (Å²) in [5.41, 5.74) is 1.58. The van der Waals surface area contributed by atoms with Crippen LogP contribution >= 0.6 is 11.3 Å². The monoisotopic (exact) mass is 374 g/mol. The van der Waals surface area contributed by atoms with E-state index in [9.17, 15) is 9.59 Å². The molecule has 1 fully saturated rings. The van der Waals surface area contributed by atoms with Crippen LogP contribution in [-0.4, -0.2) is 30.6 Å². The molecule has 2 aromatic heterocycles. The molecule has 0 bridgehead atoms. The minimum atomic E-state index is -0.372. The Morgan fingerprint density at radius 2 is 2.15 bits per heavy atom. The second-order valence-electron chi connectivity index (χ2n) is 6.70. The minimum absolute atomic E-state index is 0.0545. The maximum absolute atomic E-state index is 12.9. The van der Waals surface area contributed by atoms with Crippen LogP contribution in [-0.2, 0) is 17.6 Å². The van der Waals surface area contributed by atoms with Crippen LogP contribution in [0.15, 0.2) is 22.8 Å². The zero-order valence-corrected chi connectivity index (χ0v) is 15.6. The first kappa shape index (κ1) is 17.1. The van der Waals surface area contributed by atoms with Gasteiger partial charge < -0.3 is 14.1 Å². The Balaban J connectivity index is 1.59. The van der Waals surface area contributed by atoms with E-state index in [1.807, 2.05) is 12.1 Å². The van der Waals surface area contributed by atoms with E-state index in [1.165, 1.54) is 23.3 Å². The van der Waals surface area contributed by atoms with E-state index < -0.39 is 0 Å². The molecule has 1 N–H and O–H groups in total. The summed E-state index contributed by atoms with van der Waals surface area (Å²) in [6, 6.07) is 3.50. The third-order valence-corrected chi connectivity index (χ3v) is 6.37. The van der Waals surface area contributed by atoms with Crippen LogP contribution in [0.3, 0.4) is 0 Å². The minimum Gasteiger partial charge on any atom is -0.467 e. The van der Waals surface area contributed by atoms with Gasteiger partial charge in [-0.3, -0.25) is 5.32 Å². The molecule has 6 nitrogen and oxygen atoms in total. The smallest absolute Gasteiger partial charge is 0.341 e. The molecule has 2 aromatic rings. The fourth-order valence-corrected chi connectivity index (χ4v) is 5.19. The van der Waals surface area contributed by atoms with Crippen molar-refractivity contribution < 1.29 is 18.7 Å². The Bertz CT molecular complexity index is 812. The molecule has 1 atom stereocenters. The van der Waals surface area contributed by atoms with Gasteiger partial charge in [-0.1, -0.05) is 0 Å². The largest absolute Gasteiger partial charge is 0.467 e. The first-order valence-corrected chi connectivity index (χ1v) is 9.84. The number of anilines is 1. The van der Waals surface area contributed by atoms with Crippen LogP contribution in [0.5, 0.6) is 0 Å². The van der Waals surface area contributed by atoms with Crippen molar-refractivity contribution in [2.45, 2.75) is 44.6 Å². The molecule has 2 aliphatic rings. The van der Waals surface area contributed by atoms with Crippen LogP contribution in [0.2, 0.25) is 0 Å². The molecule has 0 saturated carbocycles. The van der Waals surface area contributed by atoms with E-state index in [-0.39, 0.29) is 18.0 Å². The Morgan fingerprint density at radius 1 is 1.31 bits per heavy atom. The summed E-state index contributed by atoms with van der Waals surface area (Å²) in [4.78, 5) is 28.2. The number of methoxy groups -OCH3 is 1. The number of esters is 1. The number of nitrogens with one attached hydrogen (secondary N) is 1. The predicted octanol–water partition coefficient (Wildman–Crippen LogP) is 4.38. The van der Waals surface area contributed by atoms with Crippen molar-refractivity contribution in [3.05, 3.63) is 40.2 Å². The molecule has 7 heteroatoms. The number of hydrogen-bond donors (Lipinski definition) is 1. The molecule has 0 spiro atoms. The number of aryl methyl sites for hydroxylation is 1. The van der Waals surface area contributed by atoms with Gasteiger partial charge in [0.1, 0.15) is 10.8 Å². The van der Waals surface area contributed by atoms with Gasteiger partial charge in [-0.2, -0.15) is 0 Å². The van der Waals surface area contributed by atoms with E-state index in [1.54, 1.807) is 11.2 Å². The van der Waals surface area contributed by atoms with Crippen molar-refractivity contribution in [2.75, 3.05) is 19.0 Å². The fraction of sp³-hybridized carbons (Fsp3) is 0.474. The average molecular weight is 374 g/mol. The highest BCUT2D eigenvalue weighted by Gasteiger charge is 2.34. The van der Waals surface area contributed by atoms with E-state index >= 15 is 0 Å². The maximum atomic E-state index is 12.9. The zero-order chi connectivity index (χ0) is 18.1. The number of carbonyl (C=O) groups excluding carboxylic acids is 2. The van der Waals surface area contributed by atoms with Gasteiger partial charge in [0, 0.05) is 11.4 Å². The van der Waals surface area contributed by atoms with Crippen molar-refractivity contribution in [3.63, 3.8) is 0 Å². The number of carbonyl (C=O) groups is 2. The predicted molar refractivity (Wildman–Crippen MR) is 98.7 cm³/mol. The van der Waals surface area contributed by atoms with Crippen LogP contribution in [0.4, 0.5) is 9.80 Å². The number of thiophene rings is 1. The van der Waals surface area contributed by atoms with Gasteiger partial charge in [-0.15, -0.1) is 11.3 Å². The van der Waals surface area contributed by atoms with Gasteiger partial charge in [-0.05, 0) is 56.2 Å². The third kappa shape index (κ3) is 3.00. The highest BCUT2D eigenvalue weighted by Crippen LogP contribution is 2.39. The lowest BCUT2D eigenvalue weighted by Gasteiger charge is -2.23. The van der Waals surface area contributed by atoms with Crippen molar-refractivity contribution in [3.8, 4) is 0 Å². The number of furan rings is 1. The topological polar surface area (TPSA) is 71.8 Å². The van der Waals surface area contributed by atoms with E-state index in [0.29, 0.717) is 17.1 Å². The summed E-state index contributed by atoms with van der Waals surface area (Å²) in [6.07, 6.45) is 7.45. The summed E-state index contributed by atoms with van der Waals surface area (Å²) in [7, 11) is 1.38. The molecule has 1 aliphatic carbocycles. The normalized spacial score (nSPS) is 19.3. The molecule has 26 heavy (non-hydrogen) atoms. The Hall–Kier alpha value is -2.28. The first-order valence-electron chi connectivity index (χ1n) is 9.03. The SMILES string of the molecule is COC(=O)c1c(NC(=O)N2CCC[C@H]2c2ccco2)sc2c1CCCC2. The number of ether oxygens (including phenoxy) is 1. The molecule has 4 rings (SSSR count). The summed E-state index contributed by atoms with van der Waals surface area (Å²) < 4.78 is 10.5. The molecule has 138 valence electrons. The highest BCUT2D eigenvalue weighted by atomic mass is 32.1. The molecular formula is C19H22N2O4S. The van der Waals surface area contributed by atoms with Crippen molar-refractivity contribution in [2.24, 2.45) is 0 Å². The maximum Gasteiger partial charge on any atom is 0.341 e. The Kier molecular flexibility index (Phi) is 4.72. The highest BCUT2D eigenvalue weighted by molar-refractivity contribution is 7.17. The summed E-state index contributed by atoms with van der Waals surface area (Å²) in [6.45, 7) is 0.676. The van der Waals surface area contributed by atoms with Crippen LogP contribution in [0, 0.1) is 0 Å². The molecular weight excluding hydrogens is 352 g/mol. The molecule has 2 amide bonds. The van der Waals surface area contributed by atoms with Crippen molar-refractivity contribution in [1.82, 2.24) is 4.90 Å². The second kappa shape index (κ2) is 7.15. The molecule has 0 unspecified atom stereocenters. The molecule has 1 aliphatic heterocycles. The van der Waals surface area contributed by atoms with E-state index in [0.717, 1.165) is 49.8 Å². The standard InChI is InChI=1S/C19H22N2O4S/c1-24-18(22)16-12-6-2-3-9-15(12)26-17(16)20-19(23)21-10-4-7-13(21)14-8-5-11-25-14/h5,8,11,13H,2-4,6-7,9-10H2,1H3,(H,20,23)/t13-/m0/s1. The van der Waals surface area contributed by atoms with Gasteiger partial charge in [0.2, 0.25) is 0 Å². The molecule has 3 heterocycles.